The Morgan fingerprint density at radius 3 is 2.78 bits per heavy atom. The second kappa shape index (κ2) is 7.53. The lowest BCUT2D eigenvalue weighted by Gasteiger charge is -2.50. The smallest absolute Gasteiger partial charge is 0.354 e. The van der Waals surface area contributed by atoms with E-state index in [0.717, 1.165) is 4.88 Å². The number of rotatable bonds is 5. The van der Waals surface area contributed by atoms with Gasteiger partial charge in [-0.3, -0.25) is 14.5 Å². The van der Waals surface area contributed by atoms with Crippen molar-refractivity contribution < 1.29 is 24.2 Å². The van der Waals surface area contributed by atoms with Crippen LogP contribution in [0, 0.1) is 0 Å². The van der Waals surface area contributed by atoms with Crippen LogP contribution < -0.4 is 5.32 Å². The molecule has 3 aliphatic heterocycles. The first kappa shape index (κ1) is 18.3. The lowest BCUT2D eigenvalue weighted by molar-refractivity contribution is -0.151. The van der Waals surface area contributed by atoms with Crippen molar-refractivity contribution in [2.75, 3.05) is 32.1 Å². The maximum absolute atomic E-state index is 12.6. The predicted molar refractivity (Wildman–Crippen MR) is 100 cm³/mol. The van der Waals surface area contributed by atoms with Crippen LogP contribution in [0.3, 0.4) is 0 Å². The summed E-state index contributed by atoms with van der Waals surface area (Å²) >= 11 is 2.97. The molecule has 0 aromatic carbocycles. The van der Waals surface area contributed by atoms with Crippen molar-refractivity contribution in [2.24, 2.45) is 0 Å². The van der Waals surface area contributed by atoms with Crippen molar-refractivity contribution in [3.8, 4) is 0 Å². The summed E-state index contributed by atoms with van der Waals surface area (Å²) in [6.07, 6.45) is 0.222. The van der Waals surface area contributed by atoms with Gasteiger partial charge in [0.25, 0.3) is 5.91 Å². The highest BCUT2D eigenvalue weighted by atomic mass is 32.2. The molecule has 0 unspecified atom stereocenters. The van der Waals surface area contributed by atoms with Crippen LogP contribution >= 0.6 is 23.1 Å². The zero-order chi connectivity index (χ0) is 19.0. The fraction of sp³-hybridized carbons (Fsp3) is 0.471. The molecule has 0 aliphatic carbocycles. The number of carbonyl (C=O) groups excluding carboxylic acids is 2. The molecular formula is C17H19N3O5S2. The van der Waals surface area contributed by atoms with Gasteiger partial charge in [0, 0.05) is 23.7 Å². The largest absolute Gasteiger partial charge is 0.477 e. The normalized spacial score (nSPS) is 25.1. The van der Waals surface area contributed by atoms with Gasteiger partial charge in [0.05, 0.1) is 25.3 Å². The maximum Gasteiger partial charge on any atom is 0.354 e. The number of nitrogens with zero attached hydrogens (tertiary/aromatic N) is 2. The van der Waals surface area contributed by atoms with E-state index in [9.17, 15) is 19.5 Å². The minimum Gasteiger partial charge on any atom is -0.477 e. The number of morpholine rings is 1. The molecule has 0 saturated carbocycles. The van der Waals surface area contributed by atoms with E-state index in [2.05, 4.69) is 5.32 Å². The molecule has 0 bridgehead atoms. The molecule has 27 heavy (non-hydrogen) atoms. The van der Waals surface area contributed by atoms with E-state index in [1.807, 2.05) is 22.4 Å². The fourth-order valence-electron chi connectivity index (χ4n) is 3.47. The van der Waals surface area contributed by atoms with Crippen LogP contribution in [0.2, 0.25) is 0 Å². The second-order valence-corrected chi connectivity index (χ2v) is 8.55. The van der Waals surface area contributed by atoms with Crippen LogP contribution in [0.25, 0.3) is 0 Å². The number of carboxylic acid groups (broad SMARTS) is 1. The molecule has 1 aromatic heterocycles. The van der Waals surface area contributed by atoms with Crippen LogP contribution in [-0.4, -0.2) is 76.2 Å². The lowest BCUT2D eigenvalue weighted by Crippen LogP contribution is -2.71. The van der Waals surface area contributed by atoms with Gasteiger partial charge in [-0.25, -0.2) is 4.79 Å². The Labute approximate surface area is 164 Å². The summed E-state index contributed by atoms with van der Waals surface area (Å²) in [4.78, 5) is 41.0. The highest BCUT2D eigenvalue weighted by molar-refractivity contribution is 8.00. The van der Waals surface area contributed by atoms with E-state index < -0.39 is 12.0 Å². The van der Waals surface area contributed by atoms with E-state index in [1.54, 1.807) is 0 Å². The van der Waals surface area contributed by atoms with E-state index in [0.29, 0.717) is 37.8 Å². The minimum absolute atomic E-state index is 0.0365. The zero-order valence-corrected chi connectivity index (χ0v) is 16.1. The van der Waals surface area contributed by atoms with Gasteiger partial charge in [-0.05, 0) is 11.4 Å². The molecule has 2 fully saturated rings. The number of aliphatic carboxylic acids is 1. The Balaban J connectivity index is 1.48. The van der Waals surface area contributed by atoms with Gasteiger partial charge in [-0.15, -0.1) is 23.1 Å². The van der Waals surface area contributed by atoms with Gasteiger partial charge in [0.1, 0.15) is 11.4 Å². The Morgan fingerprint density at radius 1 is 1.33 bits per heavy atom. The molecule has 10 heteroatoms. The fourth-order valence-corrected chi connectivity index (χ4v) is 5.56. The number of hydrogen-bond donors (Lipinski definition) is 2. The van der Waals surface area contributed by atoms with Crippen LogP contribution in [0.4, 0.5) is 0 Å². The third-order valence-corrected chi connectivity index (χ3v) is 6.92. The van der Waals surface area contributed by atoms with Crippen molar-refractivity contribution in [2.45, 2.75) is 17.8 Å². The van der Waals surface area contributed by atoms with Crippen LogP contribution in [0.5, 0.6) is 0 Å². The number of ether oxygens (including phenoxy) is 1. The summed E-state index contributed by atoms with van der Waals surface area (Å²) in [6.45, 7) is 2.31. The summed E-state index contributed by atoms with van der Waals surface area (Å²) in [5.74, 6) is -1.21. The molecule has 144 valence electrons. The molecule has 2 N–H and O–H groups in total. The van der Waals surface area contributed by atoms with Gasteiger partial charge in [0.2, 0.25) is 5.91 Å². The molecule has 8 nitrogen and oxygen atoms in total. The summed E-state index contributed by atoms with van der Waals surface area (Å²) in [5.41, 5.74) is 0.693. The van der Waals surface area contributed by atoms with Crippen molar-refractivity contribution in [1.82, 2.24) is 15.1 Å². The van der Waals surface area contributed by atoms with Gasteiger partial charge >= 0.3 is 5.97 Å². The standard InChI is InChI=1S/C17H19N3O5S2/c21-12(8-10-2-1-7-26-10)18-13-15(22)20-14(17(23)24)11(9-27-16(13)20)19-3-5-25-6-4-19/h1-2,7,13,16H,3-6,8-9H2,(H,18,21)(H,23,24)/t13-,16+/m1/s1. The molecule has 0 radical (unpaired) electrons. The van der Waals surface area contributed by atoms with Crippen molar-refractivity contribution in [3.63, 3.8) is 0 Å². The number of amides is 2. The number of thioether (sulfide) groups is 1. The summed E-state index contributed by atoms with van der Waals surface area (Å²) in [6, 6.07) is 3.06. The van der Waals surface area contributed by atoms with Crippen LogP contribution in [0.15, 0.2) is 28.9 Å². The Morgan fingerprint density at radius 2 is 2.11 bits per heavy atom. The third kappa shape index (κ3) is 3.44. The van der Waals surface area contributed by atoms with Crippen LogP contribution in [0.1, 0.15) is 4.88 Å². The average Bonchev–Trinajstić information content (AvgIpc) is 3.18. The van der Waals surface area contributed by atoms with Crippen LogP contribution in [-0.2, 0) is 25.5 Å². The van der Waals surface area contributed by atoms with E-state index in [4.69, 9.17) is 4.74 Å². The quantitative estimate of drug-likeness (QED) is 0.676. The number of carbonyl (C=O) groups is 3. The number of thiophene rings is 1. The van der Waals surface area contributed by atoms with Gasteiger partial charge in [0.15, 0.2) is 5.70 Å². The Bertz CT molecular complexity index is 788. The second-order valence-electron chi connectivity index (χ2n) is 6.41. The van der Waals surface area contributed by atoms with Gasteiger partial charge in [-0.1, -0.05) is 6.07 Å². The number of fused-ring (bicyclic) bond motifs is 1. The molecule has 2 atom stereocenters. The first-order chi connectivity index (χ1) is 13.1. The van der Waals surface area contributed by atoms with Gasteiger partial charge < -0.3 is 20.1 Å². The first-order valence-corrected chi connectivity index (χ1v) is 10.5. The molecule has 0 spiro atoms. The van der Waals surface area contributed by atoms with E-state index in [1.165, 1.54) is 28.0 Å². The number of nitrogens with one attached hydrogen (secondary N) is 1. The molecule has 2 amide bonds. The molecule has 4 rings (SSSR count). The van der Waals surface area contributed by atoms with E-state index >= 15 is 0 Å². The summed E-state index contributed by atoms with van der Waals surface area (Å²) in [7, 11) is 0. The van der Waals surface area contributed by atoms with Crippen molar-refractivity contribution >= 4 is 40.9 Å². The van der Waals surface area contributed by atoms with E-state index in [-0.39, 0.29) is 29.3 Å². The highest BCUT2D eigenvalue weighted by Gasteiger charge is 2.54. The summed E-state index contributed by atoms with van der Waals surface area (Å²) < 4.78 is 5.33. The molecule has 2 saturated heterocycles. The Kier molecular flexibility index (Phi) is 5.11. The average molecular weight is 409 g/mol. The molecular weight excluding hydrogens is 390 g/mol. The first-order valence-electron chi connectivity index (χ1n) is 8.62. The SMILES string of the molecule is O=C(Cc1cccs1)N[C@@H]1C(=O)N2C(C(=O)O)=C(N3CCOCC3)CS[C@@H]12. The monoisotopic (exact) mass is 409 g/mol. The van der Waals surface area contributed by atoms with Gasteiger partial charge in [-0.2, -0.15) is 0 Å². The Hall–Kier alpha value is -2.04. The number of hydrogen-bond acceptors (Lipinski definition) is 7. The predicted octanol–water partition coefficient (Wildman–Crippen LogP) is 0.319. The number of β-lactam (4-membered cyclic amide) rings is 1. The maximum atomic E-state index is 12.6. The van der Waals surface area contributed by atoms with Crippen molar-refractivity contribution in [1.29, 1.82) is 0 Å². The summed E-state index contributed by atoms with van der Waals surface area (Å²) in [5, 5.41) is 14.0. The molecule has 1 aromatic rings. The third-order valence-electron chi connectivity index (χ3n) is 4.77. The van der Waals surface area contributed by atoms with Crippen molar-refractivity contribution in [3.05, 3.63) is 33.8 Å². The minimum atomic E-state index is -1.11. The number of carboxylic acids is 1. The lowest BCUT2D eigenvalue weighted by atomic mass is 10.0. The molecule has 4 heterocycles. The topological polar surface area (TPSA) is 99.2 Å². The molecule has 3 aliphatic rings. The highest BCUT2D eigenvalue weighted by Crippen LogP contribution is 2.41. The zero-order valence-electron chi connectivity index (χ0n) is 14.4.